The van der Waals surface area contributed by atoms with E-state index < -0.39 is 0 Å². The van der Waals surface area contributed by atoms with Crippen LogP contribution in [0.5, 0.6) is 0 Å². The van der Waals surface area contributed by atoms with Gasteiger partial charge in [-0.25, -0.2) is 0 Å². The van der Waals surface area contributed by atoms with Crippen molar-refractivity contribution in [2.75, 3.05) is 0 Å². The van der Waals surface area contributed by atoms with Crippen LogP contribution in [0.25, 0.3) is 10.9 Å². The predicted octanol–water partition coefficient (Wildman–Crippen LogP) is 3.50. The van der Waals surface area contributed by atoms with Crippen molar-refractivity contribution in [3.63, 3.8) is 0 Å². The van der Waals surface area contributed by atoms with Gasteiger partial charge in [-0.1, -0.05) is 6.92 Å². The molecule has 2 rings (SSSR count). The quantitative estimate of drug-likeness (QED) is 0.648. The number of fused-ring (bicyclic) bond motifs is 1. The molecule has 0 bridgehead atoms. The van der Waals surface area contributed by atoms with Gasteiger partial charge in [0.2, 0.25) is 0 Å². The molecule has 0 saturated heterocycles. The van der Waals surface area contributed by atoms with Crippen molar-refractivity contribution in [3.05, 3.63) is 36.0 Å². The minimum Gasteiger partial charge on any atom is -0.391 e. The van der Waals surface area contributed by atoms with Crippen molar-refractivity contribution >= 4 is 10.9 Å². The van der Waals surface area contributed by atoms with Crippen LogP contribution in [-0.4, -0.2) is 4.57 Å². The number of rotatable bonds is 0. The Morgan fingerprint density at radius 3 is 2.53 bits per heavy atom. The molecule has 2 aromatic rings. The molecule has 0 saturated carbocycles. The van der Waals surface area contributed by atoms with Crippen LogP contribution in [0.15, 0.2) is 24.4 Å². The Labute approximate surface area is 117 Å². The molecule has 0 amide bonds. The fourth-order valence-corrected chi connectivity index (χ4v) is 1.75. The third kappa shape index (κ3) is 2.51. The van der Waals surface area contributed by atoms with Crippen LogP contribution in [-0.2, 0) is 38.2 Å². The molecule has 0 aliphatic carbocycles. The van der Waals surface area contributed by atoms with Crippen molar-refractivity contribution in [2.24, 2.45) is 0 Å². The smallest absolute Gasteiger partial charge is 0.0265 e. The first-order chi connectivity index (χ1) is 6.48. The normalized spacial score (nSPS) is 11.5. The van der Waals surface area contributed by atoms with E-state index in [1.165, 1.54) is 16.5 Å². The van der Waals surface area contributed by atoms with Gasteiger partial charge < -0.3 is 4.57 Å². The summed E-state index contributed by atoms with van der Waals surface area (Å²) in [4.78, 5) is 0. The zero-order chi connectivity index (χ0) is 10.3. The Bertz CT molecular complexity index is 463. The van der Waals surface area contributed by atoms with Crippen LogP contribution in [0, 0.1) is 13.0 Å². The molecule has 1 radical (unpaired) electrons. The molecule has 0 atom stereocenters. The topological polar surface area (TPSA) is 4.93 Å². The maximum Gasteiger partial charge on any atom is 0.0265 e. The molecule has 0 aliphatic heterocycles. The summed E-state index contributed by atoms with van der Waals surface area (Å²) in [6, 6.07) is 9.67. The summed E-state index contributed by atoms with van der Waals surface area (Å²) in [5, 5.41) is 1.20. The average molecular weight is 275 g/mol. The standard InChI is InChI=1S/C13H16N.Y/c1-10-5-6-11-7-8-14(12(11)9-10)13(2,3)4;/h5,7-9H,1-4H3;/q-1;. The van der Waals surface area contributed by atoms with Crippen LogP contribution in [0.1, 0.15) is 26.3 Å². The molecule has 1 nitrogen and oxygen atoms in total. The summed E-state index contributed by atoms with van der Waals surface area (Å²) in [6.45, 7) is 8.76. The molecule has 15 heavy (non-hydrogen) atoms. The van der Waals surface area contributed by atoms with Crippen LogP contribution in [0.2, 0.25) is 0 Å². The zero-order valence-corrected chi connectivity index (χ0v) is 12.7. The largest absolute Gasteiger partial charge is 0.391 e. The van der Waals surface area contributed by atoms with Crippen LogP contribution < -0.4 is 0 Å². The van der Waals surface area contributed by atoms with E-state index in [0.717, 1.165) is 0 Å². The van der Waals surface area contributed by atoms with E-state index in [0.29, 0.717) is 0 Å². The summed E-state index contributed by atoms with van der Waals surface area (Å²) in [7, 11) is 0. The fourth-order valence-electron chi connectivity index (χ4n) is 1.75. The van der Waals surface area contributed by atoms with E-state index in [1.54, 1.807) is 0 Å². The average Bonchev–Trinajstić information content (AvgIpc) is 2.45. The summed E-state index contributed by atoms with van der Waals surface area (Å²) < 4.78 is 2.30. The molecule has 0 fully saturated rings. The van der Waals surface area contributed by atoms with Gasteiger partial charge in [-0.3, -0.25) is 0 Å². The van der Waals surface area contributed by atoms with Gasteiger partial charge >= 0.3 is 0 Å². The Balaban J connectivity index is 0.00000112. The maximum atomic E-state index is 3.29. The van der Waals surface area contributed by atoms with Crippen molar-refractivity contribution < 1.29 is 32.7 Å². The Morgan fingerprint density at radius 1 is 1.27 bits per heavy atom. The Morgan fingerprint density at radius 2 is 1.93 bits per heavy atom. The Hall–Kier alpha value is -0.136. The van der Waals surface area contributed by atoms with Gasteiger partial charge in [0.1, 0.15) is 0 Å². The molecule has 0 unspecified atom stereocenters. The SMILES string of the molecule is Cc1c[c-]c2ccn(C(C)(C)C)c2c1.[Y]. The molecule has 0 aliphatic rings. The third-order valence-corrected chi connectivity index (χ3v) is 2.47. The first kappa shape index (κ1) is 12.9. The maximum absolute atomic E-state index is 3.29. The molecule has 1 heterocycles. The van der Waals surface area contributed by atoms with Gasteiger partial charge in [0.05, 0.1) is 0 Å². The summed E-state index contributed by atoms with van der Waals surface area (Å²) >= 11 is 0. The molecule has 0 N–H and O–H groups in total. The van der Waals surface area contributed by atoms with Crippen molar-refractivity contribution in [1.82, 2.24) is 4.57 Å². The fraction of sp³-hybridized carbons (Fsp3) is 0.385. The van der Waals surface area contributed by atoms with Gasteiger partial charge in [0, 0.05) is 38.2 Å². The van der Waals surface area contributed by atoms with E-state index in [2.05, 4.69) is 56.7 Å². The second-order valence-electron chi connectivity index (χ2n) is 4.83. The van der Waals surface area contributed by atoms with Crippen LogP contribution in [0.3, 0.4) is 0 Å². The zero-order valence-electron chi connectivity index (χ0n) is 9.83. The van der Waals surface area contributed by atoms with Crippen molar-refractivity contribution in [1.29, 1.82) is 0 Å². The van der Waals surface area contributed by atoms with Gasteiger partial charge in [0.25, 0.3) is 0 Å². The number of aryl methyl sites for hydroxylation is 1. The van der Waals surface area contributed by atoms with Crippen molar-refractivity contribution in [3.8, 4) is 0 Å². The second-order valence-corrected chi connectivity index (χ2v) is 4.83. The van der Waals surface area contributed by atoms with E-state index in [4.69, 9.17) is 0 Å². The van der Waals surface area contributed by atoms with E-state index in [-0.39, 0.29) is 38.2 Å². The second kappa shape index (κ2) is 4.39. The molecule has 1 aromatic carbocycles. The third-order valence-electron chi connectivity index (χ3n) is 2.47. The minimum absolute atomic E-state index is 0. The first-order valence-electron chi connectivity index (χ1n) is 4.98. The number of nitrogens with zero attached hydrogens (tertiary/aromatic N) is 1. The number of hydrogen-bond acceptors (Lipinski definition) is 0. The van der Waals surface area contributed by atoms with Crippen LogP contribution in [0.4, 0.5) is 0 Å². The Kier molecular flexibility index (Phi) is 3.78. The number of hydrogen-bond donors (Lipinski definition) is 0. The van der Waals surface area contributed by atoms with Gasteiger partial charge in [-0.05, 0) is 32.5 Å². The summed E-state index contributed by atoms with van der Waals surface area (Å²) in [5.74, 6) is 0. The molecular formula is C13H16NY-. The predicted molar refractivity (Wildman–Crippen MR) is 60.5 cm³/mol. The number of benzene rings is 1. The molecule has 77 valence electrons. The van der Waals surface area contributed by atoms with Gasteiger partial charge in [-0.15, -0.1) is 35.2 Å². The van der Waals surface area contributed by atoms with Crippen molar-refractivity contribution in [2.45, 2.75) is 33.2 Å². The summed E-state index contributed by atoms with van der Waals surface area (Å²) in [6.07, 6.45) is 2.14. The molecular weight excluding hydrogens is 259 g/mol. The number of aromatic nitrogens is 1. The van der Waals surface area contributed by atoms with Gasteiger partial charge in [-0.2, -0.15) is 0 Å². The monoisotopic (exact) mass is 275 g/mol. The summed E-state index contributed by atoms with van der Waals surface area (Å²) in [5.41, 5.74) is 2.68. The molecule has 0 spiro atoms. The van der Waals surface area contributed by atoms with Crippen LogP contribution >= 0.6 is 0 Å². The van der Waals surface area contributed by atoms with E-state index >= 15 is 0 Å². The first-order valence-corrected chi connectivity index (χ1v) is 4.98. The minimum atomic E-state index is 0. The van der Waals surface area contributed by atoms with E-state index in [9.17, 15) is 0 Å². The molecule has 2 heteroatoms. The molecule has 1 aromatic heterocycles. The van der Waals surface area contributed by atoms with Gasteiger partial charge in [0.15, 0.2) is 0 Å². The van der Waals surface area contributed by atoms with E-state index in [1.807, 2.05) is 6.07 Å².